The van der Waals surface area contributed by atoms with Crippen molar-refractivity contribution < 1.29 is 4.39 Å². The molecule has 2 aromatic carbocycles. The highest BCUT2D eigenvalue weighted by molar-refractivity contribution is 7.98. The van der Waals surface area contributed by atoms with Gasteiger partial charge in [-0.15, -0.1) is 11.8 Å². The fraction of sp³-hybridized carbons (Fsp3) is 0.235. The Labute approximate surface area is 135 Å². The number of halogens is 1. The average Bonchev–Trinajstić information content (AvgIpc) is 2.55. The Morgan fingerprint density at radius 2 is 1.73 bits per heavy atom. The lowest BCUT2D eigenvalue weighted by Crippen LogP contribution is -2.36. The van der Waals surface area contributed by atoms with Gasteiger partial charge in [-0.1, -0.05) is 24.3 Å². The van der Waals surface area contributed by atoms with Crippen LogP contribution in [0.1, 0.15) is 11.1 Å². The molecule has 3 nitrogen and oxygen atoms in total. The maximum absolute atomic E-state index is 13.1. The van der Waals surface area contributed by atoms with Crippen LogP contribution in [-0.2, 0) is 13.1 Å². The first-order valence-corrected chi connectivity index (χ1v) is 8.25. The third-order valence-corrected chi connectivity index (χ3v) is 3.94. The van der Waals surface area contributed by atoms with Gasteiger partial charge in [-0.3, -0.25) is 4.99 Å². The molecule has 0 fully saturated rings. The second-order valence-corrected chi connectivity index (χ2v) is 5.64. The Bertz CT molecular complexity index is 626. The summed E-state index contributed by atoms with van der Waals surface area (Å²) in [6, 6.07) is 14.9. The minimum absolute atomic E-state index is 0.226. The van der Waals surface area contributed by atoms with Crippen LogP contribution in [0.4, 0.5) is 4.39 Å². The van der Waals surface area contributed by atoms with Gasteiger partial charge in [0.25, 0.3) is 0 Å². The third-order valence-electron chi connectivity index (χ3n) is 3.19. The van der Waals surface area contributed by atoms with Crippen molar-refractivity contribution in [2.24, 2.45) is 4.99 Å². The van der Waals surface area contributed by atoms with Gasteiger partial charge >= 0.3 is 0 Å². The van der Waals surface area contributed by atoms with E-state index in [2.05, 4.69) is 46.1 Å². The molecule has 0 aromatic heterocycles. The number of hydrogen-bond donors (Lipinski definition) is 2. The number of aliphatic imine (C=N–C) groups is 1. The maximum atomic E-state index is 13.1. The standard InChI is InChI=1S/C17H20FN3S/c1-19-17(21-12-14-4-3-5-15(18)10-14)20-11-13-6-8-16(22-2)9-7-13/h3-10H,11-12H2,1-2H3,(H2,19,20,21). The quantitative estimate of drug-likeness (QED) is 0.504. The van der Waals surface area contributed by atoms with Crippen LogP contribution in [0.3, 0.4) is 0 Å². The Morgan fingerprint density at radius 3 is 2.32 bits per heavy atom. The van der Waals surface area contributed by atoms with E-state index in [0.29, 0.717) is 19.0 Å². The summed E-state index contributed by atoms with van der Waals surface area (Å²) >= 11 is 1.73. The molecule has 0 amide bonds. The predicted molar refractivity (Wildman–Crippen MR) is 91.7 cm³/mol. The largest absolute Gasteiger partial charge is 0.352 e. The van der Waals surface area contributed by atoms with Gasteiger partial charge in [0.2, 0.25) is 0 Å². The summed E-state index contributed by atoms with van der Waals surface area (Å²) in [7, 11) is 1.72. The molecule has 2 N–H and O–H groups in total. The van der Waals surface area contributed by atoms with Crippen molar-refractivity contribution in [3.8, 4) is 0 Å². The highest BCUT2D eigenvalue weighted by Gasteiger charge is 2.00. The number of guanidine groups is 1. The summed E-state index contributed by atoms with van der Waals surface area (Å²) < 4.78 is 13.1. The molecule has 0 aliphatic rings. The topological polar surface area (TPSA) is 36.4 Å². The molecule has 22 heavy (non-hydrogen) atoms. The molecular weight excluding hydrogens is 297 g/mol. The molecule has 0 saturated carbocycles. The Hall–Kier alpha value is -2.01. The van der Waals surface area contributed by atoms with Crippen LogP contribution >= 0.6 is 11.8 Å². The molecule has 0 atom stereocenters. The molecule has 0 aliphatic heterocycles. The summed E-state index contributed by atoms with van der Waals surface area (Å²) in [4.78, 5) is 5.42. The summed E-state index contributed by atoms with van der Waals surface area (Å²) in [5.41, 5.74) is 2.07. The van der Waals surface area contributed by atoms with Crippen LogP contribution in [-0.4, -0.2) is 19.3 Å². The second-order valence-electron chi connectivity index (χ2n) is 4.76. The zero-order valence-corrected chi connectivity index (χ0v) is 13.6. The van der Waals surface area contributed by atoms with Crippen molar-refractivity contribution in [1.82, 2.24) is 10.6 Å². The molecule has 0 radical (unpaired) electrons. The zero-order chi connectivity index (χ0) is 15.8. The van der Waals surface area contributed by atoms with Crippen molar-refractivity contribution in [2.45, 2.75) is 18.0 Å². The Kier molecular flexibility index (Phi) is 6.27. The molecule has 0 heterocycles. The van der Waals surface area contributed by atoms with Crippen LogP contribution < -0.4 is 10.6 Å². The highest BCUT2D eigenvalue weighted by Crippen LogP contribution is 2.14. The van der Waals surface area contributed by atoms with Crippen molar-refractivity contribution >= 4 is 17.7 Å². The van der Waals surface area contributed by atoms with Gasteiger partial charge in [-0.05, 0) is 41.6 Å². The lowest BCUT2D eigenvalue weighted by atomic mass is 10.2. The summed E-state index contributed by atoms with van der Waals surface area (Å²) in [5.74, 6) is 0.467. The van der Waals surface area contributed by atoms with Crippen molar-refractivity contribution in [1.29, 1.82) is 0 Å². The molecule has 0 bridgehead atoms. The lowest BCUT2D eigenvalue weighted by Gasteiger charge is -2.12. The molecular formula is C17H20FN3S. The third kappa shape index (κ3) is 5.07. The minimum Gasteiger partial charge on any atom is -0.352 e. The molecule has 2 aromatic rings. The SMILES string of the molecule is CN=C(NCc1ccc(SC)cc1)NCc1cccc(F)c1. The van der Waals surface area contributed by atoms with Gasteiger partial charge in [0.15, 0.2) is 5.96 Å². The number of hydrogen-bond acceptors (Lipinski definition) is 2. The fourth-order valence-electron chi connectivity index (χ4n) is 1.98. The van der Waals surface area contributed by atoms with E-state index >= 15 is 0 Å². The van der Waals surface area contributed by atoms with E-state index in [1.165, 1.54) is 22.6 Å². The number of nitrogens with zero attached hydrogens (tertiary/aromatic N) is 1. The Balaban J connectivity index is 1.84. The van der Waals surface area contributed by atoms with Crippen LogP contribution in [0.5, 0.6) is 0 Å². The first-order chi connectivity index (χ1) is 10.7. The van der Waals surface area contributed by atoms with Crippen molar-refractivity contribution in [3.63, 3.8) is 0 Å². The minimum atomic E-state index is -0.226. The van der Waals surface area contributed by atoms with Gasteiger partial charge in [-0.2, -0.15) is 0 Å². The molecule has 0 unspecified atom stereocenters. The number of nitrogens with one attached hydrogen (secondary N) is 2. The van der Waals surface area contributed by atoms with Crippen molar-refractivity contribution in [3.05, 3.63) is 65.5 Å². The van der Waals surface area contributed by atoms with E-state index in [0.717, 1.165) is 5.56 Å². The van der Waals surface area contributed by atoms with E-state index in [-0.39, 0.29) is 5.82 Å². The molecule has 0 aliphatic carbocycles. The van der Waals surface area contributed by atoms with E-state index in [4.69, 9.17) is 0 Å². The van der Waals surface area contributed by atoms with E-state index in [1.54, 1.807) is 24.9 Å². The predicted octanol–water partition coefficient (Wildman–Crippen LogP) is 3.41. The molecule has 116 valence electrons. The second kappa shape index (κ2) is 8.44. The fourth-order valence-corrected chi connectivity index (χ4v) is 2.39. The molecule has 0 saturated heterocycles. The van der Waals surface area contributed by atoms with E-state index in [9.17, 15) is 4.39 Å². The first-order valence-electron chi connectivity index (χ1n) is 7.03. The summed E-state index contributed by atoms with van der Waals surface area (Å²) in [5, 5.41) is 6.42. The lowest BCUT2D eigenvalue weighted by molar-refractivity contribution is 0.624. The summed E-state index contributed by atoms with van der Waals surface area (Å²) in [6.45, 7) is 1.22. The van der Waals surface area contributed by atoms with Crippen LogP contribution in [0, 0.1) is 5.82 Å². The zero-order valence-electron chi connectivity index (χ0n) is 12.8. The normalized spacial score (nSPS) is 11.3. The van der Waals surface area contributed by atoms with E-state index in [1.807, 2.05) is 6.07 Å². The first kappa shape index (κ1) is 16.4. The summed E-state index contributed by atoms with van der Waals surface area (Å²) in [6.07, 6.45) is 2.06. The average molecular weight is 317 g/mol. The number of rotatable bonds is 5. The van der Waals surface area contributed by atoms with Crippen LogP contribution in [0.15, 0.2) is 58.4 Å². The molecule has 0 spiro atoms. The van der Waals surface area contributed by atoms with Crippen LogP contribution in [0.2, 0.25) is 0 Å². The van der Waals surface area contributed by atoms with E-state index < -0.39 is 0 Å². The maximum Gasteiger partial charge on any atom is 0.191 e. The van der Waals surface area contributed by atoms with Gasteiger partial charge < -0.3 is 10.6 Å². The van der Waals surface area contributed by atoms with Crippen LogP contribution in [0.25, 0.3) is 0 Å². The number of benzene rings is 2. The van der Waals surface area contributed by atoms with Crippen molar-refractivity contribution in [2.75, 3.05) is 13.3 Å². The van der Waals surface area contributed by atoms with Gasteiger partial charge in [0, 0.05) is 25.0 Å². The molecule has 5 heteroatoms. The monoisotopic (exact) mass is 317 g/mol. The smallest absolute Gasteiger partial charge is 0.191 e. The van der Waals surface area contributed by atoms with Gasteiger partial charge in [-0.25, -0.2) is 4.39 Å². The highest BCUT2D eigenvalue weighted by atomic mass is 32.2. The number of thioether (sulfide) groups is 1. The Morgan fingerprint density at radius 1 is 1.05 bits per heavy atom. The van der Waals surface area contributed by atoms with Gasteiger partial charge in [0.05, 0.1) is 0 Å². The van der Waals surface area contributed by atoms with Gasteiger partial charge in [0.1, 0.15) is 5.82 Å². The molecule has 2 rings (SSSR count).